The molecule has 0 unspecified atom stereocenters. The Bertz CT molecular complexity index is 419. The highest BCUT2D eigenvalue weighted by Gasteiger charge is 2.13. The van der Waals surface area contributed by atoms with Crippen LogP contribution in [-0.4, -0.2) is 50.0 Å². The van der Waals surface area contributed by atoms with E-state index in [0.717, 1.165) is 31.9 Å². The smallest absolute Gasteiger partial charge is 0.270 e. The van der Waals surface area contributed by atoms with E-state index in [9.17, 15) is 13.6 Å². The van der Waals surface area contributed by atoms with E-state index >= 15 is 0 Å². The lowest BCUT2D eigenvalue weighted by Crippen LogP contribution is -2.43. The summed E-state index contributed by atoms with van der Waals surface area (Å²) in [6, 6.07) is 3.34. The predicted octanol–water partition coefficient (Wildman–Crippen LogP) is 1.51. The monoisotopic (exact) mass is 300 g/mol. The SMILES string of the molecule is CC.O=C(NCC(F)F)c1ccc(N2CCNCC2)cn1. The number of amides is 1. The Balaban J connectivity index is 0.00000106. The number of nitrogens with one attached hydrogen (secondary N) is 2. The molecule has 0 radical (unpaired) electrons. The molecule has 7 heteroatoms. The van der Waals surface area contributed by atoms with Crippen molar-refractivity contribution >= 4 is 11.6 Å². The summed E-state index contributed by atoms with van der Waals surface area (Å²) in [4.78, 5) is 17.7. The van der Waals surface area contributed by atoms with Gasteiger partial charge in [0.15, 0.2) is 0 Å². The van der Waals surface area contributed by atoms with E-state index in [4.69, 9.17) is 0 Å². The molecular formula is C14H22F2N4O. The van der Waals surface area contributed by atoms with Crippen molar-refractivity contribution < 1.29 is 13.6 Å². The Kier molecular flexibility index (Phi) is 7.60. The van der Waals surface area contributed by atoms with Gasteiger partial charge >= 0.3 is 0 Å². The third-order valence-electron chi connectivity index (χ3n) is 2.88. The quantitative estimate of drug-likeness (QED) is 0.885. The molecule has 1 aliphatic heterocycles. The van der Waals surface area contributed by atoms with Gasteiger partial charge in [-0.25, -0.2) is 13.8 Å². The molecule has 0 aliphatic carbocycles. The molecule has 1 aromatic rings. The molecule has 5 nitrogen and oxygen atoms in total. The van der Waals surface area contributed by atoms with Crippen molar-refractivity contribution in [1.82, 2.24) is 15.6 Å². The summed E-state index contributed by atoms with van der Waals surface area (Å²) in [5, 5.41) is 5.37. The topological polar surface area (TPSA) is 57.3 Å². The van der Waals surface area contributed by atoms with Crippen LogP contribution in [0, 0.1) is 0 Å². The van der Waals surface area contributed by atoms with Crippen molar-refractivity contribution in [1.29, 1.82) is 0 Å². The third kappa shape index (κ3) is 5.63. The fourth-order valence-electron chi connectivity index (χ4n) is 1.89. The van der Waals surface area contributed by atoms with E-state index in [-0.39, 0.29) is 5.69 Å². The summed E-state index contributed by atoms with van der Waals surface area (Å²) in [7, 11) is 0. The molecule has 1 fully saturated rings. The van der Waals surface area contributed by atoms with Crippen LogP contribution in [0.1, 0.15) is 24.3 Å². The van der Waals surface area contributed by atoms with Gasteiger partial charge in [0.2, 0.25) is 0 Å². The van der Waals surface area contributed by atoms with Gasteiger partial charge in [0.25, 0.3) is 12.3 Å². The predicted molar refractivity (Wildman–Crippen MR) is 79.0 cm³/mol. The Labute approximate surface area is 123 Å². The van der Waals surface area contributed by atoms with E-state index in [1.165, 1.54) is 0 Å². The van der Waals surface area contributed by atoms with Crippen LogP contribution >= 0.6 is 0 Å². The third-order valence-corrected chi connectivity index (χ3v) is 2.88. The van der Waals surface area contributed by atoms with Crippen molar-refractivity contribution in [3.63, 3.8) is 0 Å². The molecule has 1 aromatic heterocycles. The molecular weight excluding hydrogens is 278 g/mol. The van der Waals surface area contributed by atoms with E-state index in [1.807, 2.05) is 13.8 Å². The summed E-state index contributed by atoms with van der Waals surface area (Å²) in [5.74, 6) is -0.577. The highest BCUT2D eigenvalue weighted by atomic mass is 19.3. The number of anilines is 1. The molecule has 2 N–H and O–H groups in total. The molecule has 0 bridgehead atoms. The van der Waals surface area contributed by atoms with Crippen molar-refractivity contribution in [3.05, 3.63) is 24.0 Å². The van der Waals surface area contributed by atoms with E-state index in [1.54, 1.807) is 18.3 Å². The van der Waals surface area contributed by atoms with Crippen LogP contribution in [0.15, 0.2) is 18.3 Å². The van der Waals surface area contributed by atoms with E-state index in [2.05, 4.69) is 20.5 Å². The van der Waals surface area contributed by atoms with Crippen LogP contribution in [0.3, 0.4) is 0 Å². The number of halogens is 2. The number of carbonyl (C=O) groups is 1. The largest absolute Gasteiger partial charge is 0.368 e. The fraction of sp³-hybridized carbons (Fsp3) is 0.571. The molecule has 118 valence electrons. The second kappa shape index (κ2) is 9.23. The molecule has 0 atom stereocenters. The number of nitrogens with zero attached hydrogens (tertiary/aromatic N) is 2. The van der Waals surface area contributed by atoms with Crippen LogP contribution < -0.4 is 15.5 Å². The van der Waals surface area contributed by atoms with Crippen LogP contribution in [0.2, 0.25) is 0 Å². The Morgan fingerprint density at radius 3 is 2.57 bits per heavy atom. The summed E-state index contributed by atoms with van der Waals surface area (Å²) < 4.78 is 23.9. The van der Waals surface area contributed by atoms with Crippen LogP contribution in [0.4, 0.5) is 14.5 Å². The van der Waals surface area contributed by atoms with Gasteiger partial charge in [0.05, 0.1) is 18.4 Å². The number of carbonyl (C=O) groups excluding carboxylic acids is 1. The molecule has 1 aliphatic rings. The highest BCUT2D eigenvalue weighted by molar-refractivity contribution is 5.92. The average molecular weight is 300 g/mol. The minimum absolute atomic E-state index is 0.152. The van der Waals surface area contributed by atoms with Crippen molar-refractivity contribution in [2.75, 3.05) is 37.6 Å². The lowest BCUT2D eigenvalue weighted by Gasteiger charge is -2.29. The number of pyridine rings is 1. The van der Waals surface area contributed by atoms with Gasteiger partial charge in [0, 0.05) is 26.2 Å². The Morgan fingerprint density at radius 2 is 2.05 bits per heavy atom. The second-order valence-corrected chi connectivity index (χ2v) is 4.24. The molecule has 1 saturated heterocycles. The lowest BCUT2D eigenvalue weighted by atomic mass is 10.2. The van der Waals surface area contributed by atoms with Gasteiger partial charge in [-0.15, -0.1) is 0 Å². The molecule has 2 rings (SSSR count). The van der Waals surface area contributed by atoms with Gasteiger partial charge in [-0.05, 0) is 12.1 Å². The Morgan fingerprint density at radius 1 is 1.38 bits per heavy atom. The number of hydrogen-bond donors (Lipinski definition) is 2. The number of hydrogen-bond acceptors (Lipinski definition) is 4. The first kappa shape index (κ1) is 17.3. The van der Waals surface area contributed by atoms with Crippen molar-refractivity contribution in [2.24, 2.45) is 0 Å². The average Bonchev–Trinajstić information content (AvgIpc) is 2.55. The maximum Gasteiger partial charge on any atom is 0.270 e. The molecule has 2 heterocycles. The number of aromatic nitrogens is 1. The van der Waals surface area contributed by atoms with E-state index < -0.39 is 18.9 Å². The molecule has 0 spiro atoms. The second-order valence-electron chi connectivity index (χ2n) is 4.24. The maximum atomic E-state index is 12.0. The van der Waals surface area contributed by atoms with Crippen LogP contribution in [0.25, 0.3) is 0 Å². The van der Waals surface area contributed by atoms with Crippen LogP contribution in [0.5, 0.6) is 0 Å². The lowest BCUT2D eigenvalue weighted by molar-refractivity contribution is 0.0887. The highest BCUT2D eigenvalue weighted by Crippen LogP contribution is 2.13. The van der Waals surface area contributed by atoms with Crippen molar-refractivity contribution in [2.45, 2.75) is 20.3 Å². The Hall–Kier alpha value is -1.76. The van der Waals surface area contributed by atoms with Gasteiger partial charge in [-0.1, -0.05) is 13.8 Å². The van der Waals surface area contributed by atoms with E-state index in [0.29, 0.717) is 0 Å². The molecule has 0 aromatic carbocycles. The standard InChI is InChI=1S/C12H16F2N4O.C2H6/c13-11(14)8-17-12(19)10-2-1-9(7-16-10)18-5-3-15-4-6-18;1-2/h1-2,7,11,15H,3-6,8H2,(H,17,19);1-2H3. The minimum atomic E-state index is -2.55. The molecule has 21 heavy (non-hydrogen) atoms. The summed E-state index contributed by atoms with van der Waals surface area (Å²) in [5.41, 5.74) is 1.09. The number of rotatable bonds is 4. The zero-order valence-electron chi connectivity index (χ0n) is 12.4. The van der Waals surface area contributed by atoms with Gasteiger partial charge in [-0.2, -0.15) is 0 Å². The first-order valence-corrected chi connectivity index (χ1v) is 7.15. The van der Waals surface area contributed by atoms with Gasteiger partial charge in [0.1, 0.15) is 5.69 Å². The zero-order chi connectivity index (χ0) is 15.7. The summed E-state index contributed by atoms with van der Waals surface area (Å²) >= 11 is 0. The van der Waals surface area contributed by atoms with Gasteiger partial charge < -0.3 is 15.5 Å². The first-order chi connectivity index (χ1) is 10.2. The van der Waals surface area contributed by atoms with Crippen LogP contribution in [-0.2, 0) is 0 Å². The zero-order valence-corrected chi connectivity index (χ0v) is 12.4. The van der Waals surface area contributed by atoms with Crippen molar-refractivity contribution in [3.8, 4) is 0 Å². The minimum Gasteiger partial charge on any atom is -0.368 e. The fourth-order valence-corrected chi connectivity index (χ4v) is 1.89. The summed E-state index contributed by atoms with van der Waals surface area (Å²) in [6.07, 6.45) is -0.952. The first-order valence-electron chi connectivity index (χ1n) is 7.15. The normalized spacial score (nSPS) is 14.4. The number of alkyl halides is 2. The molecule has 1 amide bonds. The molecule has 0 saturated carbocycles. The maximum absolute atomic E-state index is 12.0. The number of piperazine rings is 1. The van der Waals surface area contributed by atoms with Gasteiger partial charge in [-0.3, -0.25) is 4.79 Å². The summed E-state index contributed by atoms with van der Waals surface area (Å²) in [6.45, 7) is 6.95.